The van der Waals surface area contributed by atoms with Crippen molar-refractivity contribution in [1.29, 1.82) is 0 Å². The van der Waals surface area contributed by atoms with Crippen LogP contribution in [-0.2, 0) is 17.9 Å². The molecule has 138 valence electrons. The minimum Gasteiger partial charge on any atom is -0.497 e. The third-order valence-electron chi connectivity index (χ3n) is 4.82. The summed E-state index contributed by atoms with van der Waals surface area (Å²) in [5.74, 6) is 0.694. The Morgan fingerprint density at radius 2 is 1.85 bits per heavy atom. The van der Waals surface area contributed by atoms with Gasteiger partial charge in [-0.25, -0.2) is 4.39 Å². The fraction of sp³-hybridized carbons (Fsp3) is 0.381. The molecule has 3 rings (SSSR count). The maximum Gasteiger partial charge on any atom is 0.224 e. The van der Waals surface area contributed by atoms with Gasteiger partial charge < -0.3 is 10.1 Å². The molecule has 0 aromatic heterocycles. The fourth-order valence-corrected chi connectivity index (χ4v) is 3.34. The molecule has 1 amide bonds. The Labute approximate surface area is 154 Å². The molecule has 2 aromatic rings. The van der Waals surface area contributed by atoms with E-state index in [9.17, 15) is 9.18 Å². The SMILES string of the molecule is COc1ccc(CNC(=O)C2CCCN(Cc3ccc(F)cc3)C2)cc1. The van der Waals surface area contributed by atoms with Crippen molar-refractivity contribution in [2.45, 2.75) is 25.9 Å². The van der Waals surface area contributed by atoms with Crippen LogP contribution in [0.5, 0.6) is 5.75 Å². The first-order valence-corrected chi connectivity index (χ1v) is 9.01. The van der Waals surface area contributed by atoms with Gasteiger partial charge in [-0.05, 0) is 54.8 Å². The minimum absolute atomic E-state index is 0.00227. The molecular weight excluding hydrogens is 331 g/mol. The number of hydrogen-bond acceptors (Lipinski definition) is 3. The Morgan fingerprint density at radius 1 is 1.15 bits per heavy atom. The average molecular weight is 356 g/mol. The van der Waals surface area contributed by atoms with E-state index in [2.05, 4.69) is 10.2 Å². The number of piperidine rings is 1. The number of nitrogens with one attached hydrogen (secondary N) is 1. The predicted molar refractivity (Wildman–Crippen MR) is 99.2 cm³/mol. The Morgan fingerprint density at radius 3 is 2.54 bits per heavy atom. The standard InChI is InChI=1S/C21H25FN2O2/c1-26-20-10-6-16(7-11-20)13-23-21(25)18-3-2-12-24(15-18)14-17-4-8-19(22)9-5-17/h4-11,18H,2-3,12-15H2,1H3,(H,23,25). The number of hydrogen-bond donors (Lipinski definition) is 1. The molecule has 1 heterocycles. The summed E-state index contributed by atoms with van der Waals surface area (Å²) in [6, 6.07) is 14.3. The van der Waals surface area contributed by atoms with Gasteiger partial charge in [0.05, 0.1) is 13.0 Å². The zero-order valence-electron chi connectivity index (χ0n) is 15.1. The van der Waals surface area contributed by atoms with Crippen molar-refractivity contribution >= 4 is 5.91 Å². The molecule has 1 N–H and O–H groups in total. The van der Waals surface area contributed by atoms with Gasteiger partial charge >= 0.3 is 0 Å². The van der Waals surface area contributed by atoms with Gasteiger partial charge in [0, 0.05) is 19.6 Å². The van der Waals surface area contributed by atoms with Crippen LogP contribution in [0.2, 0.25) is 0 Å². The lowest BCUT2D eigenvalue weighted by atomic mass is 9.96. The maximum absolute atomic E-state index is 13.0. The first kappa shape index (κ1) is 18.4. The summed E-state index contributed by atoms with van der Waals surface area (Å²) in [5.41, 5.74) is 2.13. The van der Waals surface area contributed by atoms with Gasteiger partial charge in [-0.15, -0.1) is 0 Å². The first-order valence-electron chi connectivity index (χ1n) is 9.01. The van der Waals surface area contributed by atoms with E-state index >= 15 is 0 Å². The van der Waals surface area contributed by atoms with Crippen molar-refractivity contribution < 1.29 is 13.9 Å². The normalized spacial score (nSPS) is 17.7. The number of likely N-dealkylation sites (tertiary alicyclic amines) is 1. The van der Waals surface area contributed by atoms with Gasteiger partial charge in [-0.1, -0.05) is 24.3 Å². The average Bonchev–Trinajstić information content (AvgIpc) is 2.68. The van der Waals surface area contributed by atoms with Crippen molar-refractivity contribution in [3.63, 3.8) is 0 Å². The van der Waals surface area contributed by atoms with E-state index in [4.69, 9.17) is 4.74 Å². The lowest BCUT2D eigenvalue weighted by molar-refractivity contribution is -0.126. The molecule has 1 fully saturated rings. The van der Waals surface area contributed by atoms with Crippen LogP contribution in [0.15, 0.2) is 48.5 Å². The molecule has 1 saturated heterocycles. The Hall–Kier alpha value is -2.40. The molecule has 26 heavy (non-hydrogen) atoms. The van der Waals surface area contributed by atoms with Crippen LogP contribution in [0.25, 0.3) is 0 Å². The van der Waals surface area contributed by atoms with Crippen LogP contribution in [0, 0.1) is 11.7 Å². The van der Waals surface area contributed by atoms with Crippen LogP contribution < -0.4 is 10.1 Å². The number of halogens is 1. The van der Waals surface area contributed by atoms with E-state index in [0.717, 1.165) is 49.4 Å². The number of amides is 1. The molecule has 0 aliphatic carbocycles. The van der Waals surface area contributed by atoms with Crippen molar-refractivity contribution in [2.24, 2.45) is 5.92 Å². The van der Waals surface area contributed by atoms with Crippen molar-refractivity contribution in [3.8, 4) is 5.75 Å². The summed E-state index contributed by atoms with van der Waals surface area (Å²) in [6.45, 7) is 2.99. The molecule has 4 nitrogen and oxygen atoms in total. The molecule has 1 aliphatic heterocycles. The van der Waals surface area contributed by atoms with Crippen LogP contribution in [-0.4, -0.2) is 31.0 Å². The van der Waals surface area contributed by atoms with Crippen molar-refractivity contribution in [3.05, 3.63) is 65.5 Å². The lowest BCUT2D eigenvalue weighted by Gasteiger charge is -2.32. The predicted octanol–water partition coefficient (Wildman–Crippen LogP) is 3.36. The van der Waals surface area contributed by atoms with Crippen molar-refractivity contribution in [2.75, 3.05) is 20.2 Å². The molecule has 1 atom stereocenters. The molecule has 0 bridgehead atoms. The number of carbonyl (C=O) groups is 1. The highest BCUT2D eigenvalue weighted by Gasteiger charge is 2.25. The Balaban J connectivity index is 1.49. The number of methoxy groups -OCH3 is 1. The molecule has 2 aromatic carbocycles. The van der Waals surface area contributed by atoms with Gasteiger partial charge in [0.2, 0.25) is 5.91 Å². The summed E-state index contributed by atoms with van der Waals surface area (Å²) >= 11 is 0. The number of carbonyl (C=O) groups excluding carboxylic acids is 1. The number of nitrogens with zero attached hydrogens (tertiary/aromatic N) is 1. The van der Waals surface area contributed by atoms with Crippen molar-refractivity contribution in [1.82, 2.24) is 10.2 Å². The monoisotopic (exact) mass is 356 g/mol. The highest BCUT2D eigenvalue weighted by atomic mass is 19.1. The summed E-state index contributed by atoms with van der Waals surface area (Å²) in [7, 11) is 1.64. The third kappa shape index (κ3) is 5.05. The largest absolute Gasteiger partial charge is 0.497 e. The number of benzene rings is 2. The van der Waals surface area contributed by atoms with E-state index in [1.54, 1.807) is 7.11 Å². The Bertz CT molecular complexity index is 716. The molecule has 0 saturated carbocycles. The minimum atomic E-state index is -0.219. The number of ether oxygens (including phenoxy) is 1. The fourth-order valence-electron chi connectivity index (χ4n) is 3.34. The van der Waals surface area contributed by atoms with Crippen LogP contribution in [0.4, 0.5) is 4.39 Å². The summed E-state index contributed by atoms with van der Waals surface area (Å²) < 4.78 is 18.2. The third-order valence-corrected chi connectivity index (χ3v) is 4.82. The van der Waals surface area contributed by atoms with E-state index < -0.39 is 0 Å². The van der Waals surface area contributed by atoms with Gasteiger partial charge in [0.1, 0.15) is 11.6 Å². The second kappa shape index (κ2) is 8.81. The highest BCUT2D eigenvalue weighted by molar-refractivity contribution is 5.79. The second-order valence-corrected chi connectivity index (χ2v) is 6.77. The van der Waals surface area contributed by atoms with E-state index in [0.29, 0.717) is 6.54 Å². The van der Waals surface area contributed by atoms with Crippen LogP contribution in [0.1, 0.15) is 24.0 Å². The molecule has 0 radical (unpaired) electrons. The van der Waals surface area contributed by atoms with Crippen LogP contribution >= 0.6 is 0 Å². The second-order valence-electron chi connectivity index (χ2n) is 6.77. The topological polar surface area (TPSA) is 41.6 Å². The van der Waals surface area contributed by atoms with E-state index in [1.807, 2.05) is 36.4 Å². The first-order chi connectivity index (χ1) is 12.6. The molecule has 0 spiro atoms. The highest BCUT2D eigenvalue weighted by Crippen LogP contribution is 2.19. The number of rotatable bonds is 6. The van der Waals surface area contributed by atoms with Gasteiger partial charge in [0.25, 0.3) is 0 Å². The van der Waals surface area contributed by atoms with Gasteiger partial charge in [-0.3, -0.25) is 9.69 Å². The summed E-state index contributed by atoms with van der Waals surface area (Å²) in [5, 5.41) is 3.04. The van der Waals surface area contributed by atoms with E-state index in [-0.39, 0.29) is 17.6 Å². The summed E-state index contributed by atoms with van der Waals surface area (Å²) in [4.78, 5) is 14.8. The molecular formula is C21H25FN2O2. The Kier molecular flexibility index (Phi) is 6.23. The maximum atomic E-state index is 13.0. The molecule has 1 unspecified atom stereocenters. The van der Waals surface area contributed by atoms with Crippen LogP contribution in [0.3, 0.4) is 0 Å². The van der Waals surface area contributed by atoms with Gasteiger partial charge in [0.15, 0.2) is 0 Å². The zero-order chi connectivity index (χ0) is 18.4. The molecule has 5 heteroatoms. The van der Waals surface area contributed by atoms with Gasteiger partial charge in [-0.2, -0.15) is 0 Å². The lowest BCUT2D eigenvalue weighted by Crippen LogP contribution is -2.42. The molecule has 1 aliphatic rings. The van der Waals surface area contributed by atoms with E-state index in [1.165, 1.54) is 12.1 Å². The zero-order valence-corrected chi connectivity index (χ0v) is 15.1. The quantitative estimate of drug-likeness (QED) is 0.863. The summed E-state index contributed by atoms with van der Waals surface area (Å²) in [6.07, 6.45) is 1.91. The smallest absolute Gasteiger partial charge is 0.224 e.